The Hall–Kier alpha value is -0.250. The number of thioether (sulfide) groups is 1. The van der Waals surface area contributed by atoms with Crippen molar-refractivity contribution in [3.05, 3.63) is 34.6 Å². The Kier molecular flexibility index (Phi) is 4.56. The molecule has 0 aliphatic rings. The Bertz CT molecular complexity index is 280. The minimum atomic E-state index is -0.319. The molecule has 0 unspecified atom stereocenters. The third-order valence-electron chi connectivity index (χ3n) is 1.51. The lowest BCUT2D eigenvalue weighted by Crippen LogP contribution is -1.89. The first-order valence-electron chi connectivity index (χ1n) is 3.86. The fourth-order valence-corrected chi connectivity index (χ4v) is 1.94. The van der Waals surface area contributed by atoms with E-state index >= 15 is 0 Å². The third kappa shape index (κ3) is 3.55. The van der Waals surface area contributed by atoms with Crippen molar-refractivity contribution in [3.63, 3.8) is 0 Å². The monoisotopic (exact) mass is 220 g/mol. The van der Waals surface area contributed by atoms with E-state index in [1.165, 1.54) is 12.1 Å². The highest BCUT2D eigenvalue weighted by atomic mass is 35.5. The zero-order valence-electron chi connectivity index (χ0n) is 6.96. The molecule has 0 fully saturated rings. The number of halogens is 2. The Morgan fingerprint density at radius 1 is 1.46 bits per heavy atom. The average Bonchev–Trinajstić information content (AvgIpc) is 2.09. The molecule has 0 radical (unpaired) electrons. The maximum Gasteiger partial charge on any atom is 0.124 e. The van der Waals surface area contributed by atoms with E-state index in [2.05, 4.69) is 0 Å². The molecule has 0 aliphatic heterocycles. The third-order valence-corrected chi connectivity index (χ3v) is 2.85. The molecule has 1 N–H and O–H groups in total. The summed E-state index contributed by atoms with van der Waals surface area (Å²) in [7, 11) is 0. The number of rotatable bonds is 4. The fourth-order valence-electron chi connectivity index (χ4n) is 0.885. The maximum atomic E-state index is 12.6. The summed E-state index contributed by atoms with van der Waals surface area (Å²) in [5.74, 6) is 1.06. The van der Waals surface area contributed by atoms with Gasteiger partial charge >= 0.3 is 0 Å². The highest BCUT2D eigenvalue weighted by Gasteiger charge is 2.01. The second-order valence-corrected chi connectivity index (χ2v) is 4.02. The Balaban J connectivity index is 2.56. The van der Waals surface area contributed by atoms with Crippen molar-refractivity contribution >= 4 is 23.4 Å². The lowest BCUT2D eigenvalue weighted by molar-refractivity contribution is 0.322. The highest BCUT2D eigenvalue weighted by Crippen LogP contribution is 2.21. The first kappa shape index (κ1) is 10.8. The van der Waals surface area contributed by atoms with Crippen molar-refractivity contribution < 1.29 is 9.50 Å². The van der Waals surface area contributed by atoms with Crippen molar-refractivity contribution in [2.24, 2.45) is 0 Å². The summed E-state index contributed by atoms with van der Waals surface area (Å²) in [6.07, 6.45) is 0. The topological polar surface area (TPSA) is 20.2 Å². The van der Waals surface area contributed by atoms with Crippen LogP contribution in [-0.4, -0.2) is 17.5 Å². The molecule has 0 aliphatic carbocycles. The number of hydrogen-bond acceptors (Lipinski definition) is 2. The van der Waals surface area contributed by atoms with E-state index in [1.54, 1.807) is 17.8 Å². The highest BCUT2D eigenvalue weighted by molar-refractivity contribution is 7.98. The van der Waals surface area contributed by atoms with Crippen LogP contribution < -0.4 is 0 Å². The van der Waals surface area contributed by atoms with Gasteiger partial charge in [-0.1, -0.05) is 17.7 Å². The van der Waals surface area contributed by atoms with Gasteiger partial charge < -0.3 is 5.11 Å². The van der Waals surface area contributed by atoms with Crippen LogP contribution >= 0.6 is 23.4 Å². The minimum Gasteiger partial charge on any atom is -0.396 e. The van der Waals surface area contributed by atoms with E-state index in [1.807, 2.05) is 0 Å². The standard InChI is InChI=1S/C9H10ClFOS/c10-9-5-8(11)2-1-7(9)6-13-4-3-12/h1-2,5,12H,3-4,6H2. The molecule has 13 heavy (non-hydrogen) atoms. The van der Waals surface area contributed by atoms with Crippen LogP contribution in [-0.2, 0) is 5.75 Å². The van der Waals surface area contributed by atoms with Crippen molar-refractivity contribution in [1.82, 2.24) is 0 Å². The van der Waals surface area contributed by atoms with Crippen molar-refractivity contribution in [1.29, 1.82) is 0 Å². The first-order chi connectivity index (χ1) is 6.24. The second-order valence-electron chi connectivity index (χ2n) is 2.51. The van der Waals surface area contributed by atoms with Crippen molar-refractivity contribution in [2.75, 3.05) is 12.4 Å². The largest absolute Gasteiger partial charge is 0.396 e. The van der Waals surface area contributed by atoms with Crippen LogP contribution in [0.3, 0.4) is 0 Å². The molecule has 1 rings (SSSR count). The first-order valence-corrected chi connectivity index (χ1v) is 5.40. The normalized spacial score (nSPS) is 10.4. The van der Waals surface area contributed by atoms with Crippen LogP contribution in [0, 0.1) is 5.82 Å². The summed E-state index contributed by atoms with van der Waals surface area (Å²) in [6, 6.07) is 4.36. The SMILES string of the molecule is OCCSCc1ccc(F)cc1Cl. The number of aliphatic hydroxyl groups excluding tert-OH is 1. The molecule has 1 nitrogen and oxygen atoms in total. The average molecular weight is 221 g/mol. The quantitative estimate of drug-likeness (QED) is 0.788. The number of aliphatic hydroxyl groups is 1. The summed E-state index contributed by atoms with van der Waals surface area (Å²) in [6.45, 7) is 0.156. The van der Waals surface area contributed by atoms with Gasteiger partial charge in [0.05, 0.1) is 6.61 Å². The molecule has 0 saturated carbocycles. The molecule has 0 aromatic heterocycles. The van der Waals surface area contributed by atoms with Crippen LogP contribution in [0.15, 0.2) is 18.2 Å². The molecule has 0 atom stereocenters. The van der Waals surface area contributed by atoms with E-state index in [0.717, 1.165) is 5.56 Å². The predicted octanol–water partition coefficient (Wildman–Crippen LogP) is 2.70. The molecule has 4 heteroatoms. The van der Waals surface area contributed by atoms with Gasteiger partial charge in [-0.3, -0.25) is 0 Å². The molecule has 1 aromatic carbocycles. The van der Waals surface area contributed by atoms with Gasteiger partial charge in [-0.25, -0.2) is 4.39 Å². The molecule has 0 spiro atoms. The van der Waals surface area contributed by atoms with Crippen LogP contribution in [0.2, 0.25) is 5.02 Å². The molecule has 0 saturated heterocycles. The predicted molar refractivity (Wildman–Crippen MR) is 54.7 cm³/mol. The number of hydrogen-bond donors (Lipinski definition) is 1. The van der Waals surface area contributed by atoms with Crippen molar-refractivity contribution in [3.8, 4) is 0 Å². The molecule has 1 aromatic rings. The lowest BCUT2D eigenvalue weighted by atomic mass is 10.2. The second kappa shape index (κ2) is 5.47. The van der Waals surface area contributed by atoms with E-state index in [0.29, 0.717) is 16.5 Å². The Morgan fingerprint density at radius 2 is 2.23 bits per heavy atom. The zero-order chi connectivity index (χ0) is 9.68. The maximum absolute atomic E-state index is 12.6. The summed E-state index contributed by atoms with van der Waals surface area (Å²) in [5.41, 5.74) is 0.904. The van der Waals surface area contributed by atoms with Gasteiger partial charge in [-0.2, -0.15) is 11.8 Å². The Morgan fingerprint density at radius 3 is 2.85 bits per heavy atom. The van der Waals surface area contributed by atoms with Gasteiger partial charge in [-0.05, 0) is 17.7 Å². The van der Waals surface area contributed by atoms with E-state index in [-0.39, 0.29) is 12.4 Å². The van der Waals surface area contributed by atoms with Crippen LogP contribution in [0.4, 0.5) is 4.39 Å². The smallest absolute Gasteiger partial charge is 0.124 e. The van der Waals surface area contributed by atoms with Crippen LogP contribution in [0.25, 0.3) is 0 Å². The molecule has 72 valence electrons. The summed E-state index contributed by atoms with van der Waals surface area (Å²) >= 11 is 7.36. The van der Waals surface area contributed by atoms with Gasteiger partial charge in [0.1, 0.15) is 5.82 Å². The summed E-state index contributed by atoms with van der Waals surface area (Å²) in [4.78, 5) is 0. The van der Waals surface area contributed by atoms with Crippen LogP contribution in [0.5, 0.6) is 0 Å². The zero-order valence-corrected chi connectivity index (χ0v) is 8.54. The van der Waals surface area contributed by atoms with Gasteiger partial charge in [-0.15, -0.1) is 0 Å². The lowest BCUT2D eigenvalue weighted by Gasteiger charge is -2.02. The summed E-state index contributed by atoms with van der Waals surface area (Å²) in [5, 5.41) is 8.99. The van der Waals surface area contributed by atoms with E-state index in [4.69, 9.17) is 16.7 Å². The van der Waals surface area contributed by atoms with E-state index in [9.17, 15) is 4.39 Å². The summed E-state index contributed by atoms with van der Waals surface area (Å²) < 4.78 is 12.6. The van der Waals surface area contributed by atoms with Crippen LogP contribution in [0.1, 0.15) is 5.56 Å². The Labute approximate surface area is 85.9 Å². The van der Waals surface area contributed by atoms with E-state index < -0.39 is 0 Å². The van der Waals surface area contributed by atoms with Gasteiger partial charge in [0.2, 0.25) is 0 Å². The van der Waals surface area contributed by atoms with Gasteiger partial charge in [0.25, 0.3) is 0 Å². The molecule has 0 bridgehead atoms. The minimum absolute atomic E-state index is 0.156. The van der Waals surface area contributed by atoms with Gasteiger partial charge in [0.15, 0.2) is 0 Å². The molecular formula is C9H10ClFOS. The number of benzene rings is 1. The fraction of sp³-hybridized carbons (Fsp3) is 0.333. The molecule has 0 amide bonds. The molecular weight excluding hydrogens is 211 g/mol. The van der Waals surface area contributed by atoms with Gasteiger partial charge in [0, 0.05) is 16.5 Å². The molecule has 0 heterocycles. The van der Waals surface area contributed by atoms with Crippen molar-refractivity contribution in [2.45, 2.75) is 5.75 Å².